The van der Waals surface area contributed by atoms with Crippen LogP contribution in [0, 0.1) is 5.92 Å². The molecule has 0 radical (unpaired) electrons. The molecule has 0 aliphatic carbocycles. The van der Waals surface area contributed by atoms with Gasteiger partial charge in [-0.25, -0.2) is 0 Å². The van der Waals surface area contributed by atoms with Gasteiger partial charge in [0.1, 0.15) is 5.78 Å². The topological polar surface area (TPSA) is 57.6 Å². The zero-order valence-electron chi connectivity index (χ0n) is 8.53. The predicted octanol–water partition coefficient (Wildman–Crippen LogP) is 0.762. The SMILES string of the molecule is CC(=O)CCN1CCC(C(=O)O)CC1. The summed E-state index contributed by atoms with van der Waals surface area (Å²) >= 11 is 0. The quantitative estimate of drug-likeness (QED) is 0.726. The van der Waals surface area contributed by atoms with Gasteiger partial charge in [0.25, 0.3) is 0 Å². The molecular weight excluding hydrogens is 182 g/mol. The molecule has 14 heavy (non-hydrogen) atoms. The summed E-state index contributed by atoms with van der Waals surface area (Å²) in [6.07, 6.45) is 2.01. The zero-order valence-corrected chi connectivity index (χ0v) is 8.53. The van der Waals surface area contributed by atoms with Crippen LogP contribution in [-0.4, -0.2) is 41.4 Å². The van der Waals surface area contributed by atoms with E-state index in [0.717, 1.165) is 19.6 Å². The molecule has 0 aromatic rings. The normalized spacial score (nSPS) is 19.5. The minimum absolute atomic E-state index is 0.177. The van der Waals surface area contributed by atoms with Gasteiger partial charge in [0.05, 0.1) is 5.92 Å². The van der Waals surface area contributed by atoms with Crippen LogP contribution >= 0.6 is 0 Å². The Kier molecular flexibility index (Phi) is 4.07. The van der Waals surface area contributed by atoms with Crippen molar-refractivity contribution in [3.8, 4) is 0 Å². The molecule has 4 heteroatoms. The van der Waals surface area contributed by atoms with Crippen LogP contribution in [0.5, 0.6) is 0 Å². The Morgan fingerprint density at radius 1 is 1.36 bits per heavy atom. The van der Waals surface area contributed by atoms with Crippen molar-refractivity contribution in [1.82, 2.24) is 4.90 Å². The summed E-state index contributed by atoms with van der Waals surface area (Å²) in [5.41, 5.74) is 0. The number of Topliss-reactive ketones (excluding diaryl/α,β-unsaturated/α-hetero) is 1. The largest absolute Gasteiger partial charge is 0.481 e. The zero-order chi connectivity index (χ0) is 10.6. The highest BCUT2D eigenvalue weighted by Crippen LogP contribution is 2.17. The van der Waals surface area contributed by atoms with Crippen LogP contribution in [0.15, 0.2) is 0 Å². The molecule has 0 aromatic heterocycles. The minimum atomic E-state index is -0.684. The summed E-state index contributed by atoms with van der Waals surface area (Å²) < 4.78 is 0. The van der Waals surface area contributed by atoms with Crippen LogP contribution in [-0.2, 0) is 9.59 Å². The van der Waals surface area contributed by atoms with Gasteiger partial charge in [-0.05, 0) is 32.9 Å². The van der Waals surface area contributed by atoms with Crippen LogP contribution in [0.1, 0.15) is 26.2 Å². The Hall–Kier alpha value is -0.900. The maximum absolute atomic E-state index is 10.7. The number of carbonyl (C=O) groups excluding carboxylic acids is 1. The number of hydrogen-bond donors (Lipinski definition) is 1. The van der Waals surface area contributed by atoms with E-state index in [2.05, 4.69) is 4.90 Å². The number of carboxylic acids is 1. The Bertz CT molecular complexity index is 219. The third-order valence-electron chi connectivity index (χ3n) is 2.72. The first kappa shape index (κ1) is 11.2. The number of hydrogen-bond acceptors (Lipinski definition) is 3. The number of ketones is 1. The maximum Gasteiger partial charge on any atom is 0.306 e. The number of carboxylic acid groups (broad SMARTS) is 1. The Morgan fingerprint density at radius 2 is 1.93 bits per heavy atom. The van der Waals surface area contributed by atoms with Crippen molar-refractivity contribution < 1.29 is 14.7 Å². The maximum atomic E-state index is 10.7. The van der Waals surface area contributed by atoms with E-state index in [4.69, 9.17) is 5.11 Å². The van der Waals surface area contributed by atoms with E-state index >= 15 is 0 Å². The molecule has 0 saturated carbocycles. The lowest BCUT2D eigenvalue weighted by molar-refractivity contribution is -0.143. The molecular formula is C10H17NO3. The standard InChI is InChI=1S/C10H17NO3/c1-8(12)2-5-11-6-3-9(4-7-11)10(13)14/h9H,2-7H2,1H3,(H,13,14). The average Bonchev–Trinajstić information content (AvgIpc) is 2.15. The molecule has 0 unspecified atom stereocenters. The van der Waals surface area contributed by atoms with Crippen molar-refractivity contribution in [1.29, 1.82) is 0 Å². The minimum Gasteiger partial charge on any atom is -0.481 e. The van der Waals surface area contributed by atoms with Crippen molar-refractivity contribution in [2.24, 2.45) is 5.92 Å². The molecule has 1 aliphatic heterocycles. The van der Waals surface area contributed by atoms with Crippen LogP contribution in [0.4, 0.5) is 0 Å². The van der Waals surface area contributed by atoms with Gasteiger partial charge in [-0.3, -0.25) is 9.59 Å². The monoisotopic (exact) mass is 199 g/mol. The highest BCUT2D eigenvalue weighted by molar-refractivity contribution is 5.75. The molecule has 1 fully saturated rings. The van der Waals surface area contributed by atoms with Crippen molar-refractivity contribution in [3.63, 3.8) is 0 Å². The van der Waals surface area contributed by atoms with Crippen LogP contribution in [0.25, 0.3) is 0 Å². The smallest absolute Gasteiger partial charge is 0.306 e. The van der Waals surface area contributed by atoms with Crippen molar-refractivity contribution in [2.75, 3.05) is 19.6 Å². The average molecular weight is 199 g/mol. The number of likely N-dealkylation sites (tertiary alicyclic amines) is 1. The molecule has 0 aromatic carbocycles. The Labute approximate surface area is 83.9 Å². The van der Waals surface area contributed by atoms with Crippen LogP contribution in [0.3, 0.4) is 0 Å². The lowest BCUT2D eigenvalue weighted by atomic mass is 9.97. The van der Waals surface area contributed by atoms with E-state index in [-0.39, 0.29) is 11.7 Å². The van der Waals surface area contributed by atoms with Crippen molar-refractivity contribution in [3.05, 3.63) is 0 Å². The molecule has 0 bridgehead atoms. The van der Waals surface area contributed by atoms with E-state index in [1.807, 2.05) is 0 Å². The van der Waals surface area contributed by atoms with Gasteiger partial charge in [-0.1, -0.05) is 0 Å². The van der Waals surface area contributed by atoms with Gasteiger partial charge in [-0.2, -0.15) is 0 Å². The molecule has 1 rings (SSSR count). The molecule has 1 aliphatic rings. The highest BCUT2D eigenvalue weighted by atomic mass is 16.4. The summed E-state index contributed by atoms with van der Waals surface area (Å²) in [6.45, 7) is 3.99. The first-order chi connectivity index (χ1) is 6.59. The Balaban J connectivity index is 2.22. The van der Waals surface area contributed by atoms with E-state index in [1.165, 1.54) is 0 Å². The molecule has 0 spiro atoms. The number of rotatable bonds is 4. The molecule has 0 atom stereocenters. The van der Waals surface area contributed by atoms with E-state index in [0.29, 0.717) is 19.3 Å². The fraction of sp³-hybridized carbons (Fsp3) is 0.800. The van der Waals surface area contributed by atoms with Crippen molar-refractivity contribution >= 4 is 11.8 Å². The lowest BCUT2D eigenvalue weighted by Crippen LogP contribution is -2.37. The number of carbonyl (C=O) groups is 2. The van der Waals surface area contributed by atoms with Crippen LogP contribution < -0.4 is 0 Å². The van der Waals surface area contributed by atoms with Gasteiger partial charge >= 0.3 is 5.97 Å². The number of piperidine rings is 1. The van der Waals surface area contributed by atoms with Crippen LogP contribution in [0.2, 0.25) is 0 Å². The molecule has 4 nitrogen and oxygen atoms in total. The third-order valence-corrected chi connectivity index (χ3v) is 2.72. The van der Waals surface area contributed by atoms with Gasteiger partial charge in [0.15, 0.2) is 0 Å². The van der Waals surface area contributed by atoms with Gasteiger partial charge < -0.3 is 10.0 Å². The van der Waals surface area contributed by atoms with Gasteiger partial charge in [-0.15, -0.1) is 0 Å². The molecule has 1 saturated heterocycles. The molecule has 1 heterocycles. The van der Waals surface area contributed by atoms with E-state index in [9.17, 15) is 9.59 Å². The Morgan fingerprint density at radius 3 is 2.36 bits per heavy atom. The molecule has 1 N–H and O–H groups in total. The first-order valence-corrected chi connectivity index (χ1v) is 5.04. The second kappa shape index (κ2) is 5.10. The van der Waals surface area contributed by atoms with Gasteiger partial charge in [0, 0.05) is 13.0 Å². The summed E-state index contributed by atoms with van der Waals surface area (Å²) in [7, 11) is 0. The number of nitrogens with zero attached hydrogens (tertiary/aromatic N) is 1. The summed E-state index contributed by atoms with van der Waals surface area (Å²) in [5, 5.41) is 8.77. The lowest BCUT2D eigenvalue weighted by Gasteiger charge is -2.29. The fourth-order valence-electron chi connectivity index (χ4n) is 1.72. The van der Waals surface area contributed by atoms with E-state index in [1.54, 1.807) is 6.92 Å². The number of aliphatic carboxylic acids is 1. The second-order valence-electron chi connectivity index (χ2n) is 3.91. The second-order valence-corrected chi connectivity index (χ2v) is 3.91. The predicted molar refractivity (Wildman–Crippen MR) is 52.1 cm³/mol. The molecule has 0 amide bonds. The summed E-state index contributed by atoms with van der Waals surface area (Å²) in [6, 6.07) is 0. The third kappa shape index (κ3) is 3.46. The van der Waals surface area contributed by atoms with E-state index < -0.39 is 5.97 Å². The van der Waals surface area contributed by atoms with Gasteiger partial charge in [0.2, 0.25) is 0 Å². The summed E-state index contributed by atoms with van der Waals surface area (Å²) in [5.74, 6) is -0.662. The highest BCUT2D eigenvalue weighted by Gasteiger charge is 2.23. The van der Waals surface area contributed by atoms with Crippen molar-refractivity contribution in [2.45, 2.75) is 26.2 Å². The molecule has 80 valence electrons. The summed E-state index contributed by atoms with van der Waals surface area (Å²) in [4.78, 5) is 23.6. The first-order valence-electron chi connectivity index (χ1n) is 5.04. The fourth-order valence-corrected chi connectivity index (χ4v) is 1.72.